The van der Waals surface area contributed by atoms with Crippen molar-refractivity contribution in [2.75, 3.05) is 6.61 Å². The van der Waals surface area contributed by atoms with Gasteiger partial charge in [0.05, 0.1) is 6.61 Å². The summed E-state index contributed by atoms with van der Waals surface area (Å²) in [5.41, 5.74) is 3.85. The first-order valence-corrected chi connectivity index (χ1v) is 7.31. The van der Waals surface area contributed by atoms with E-state index in [-0.39, 0.29) is 11.9 Å². The van der Waals surface area contributed by atoms with Gasteiger partial charge in [0.1, 0.15) is 0 Å². The zero-order chi connectivity index (χ0) is 14.8. The van der Waals surface area contributed by atoms with Crippen LogP contribution >= 0.6 is 11.6 Å². The maximum Gasteiger partial charge on any atom is 0.334 e. The third-order valence-corrected chi connectivity index (χ3v) is 3.86. The number of benzene rings is 2. The maximum atomic E-state index is 12.3. The van der Waals surface area contributed by atoms with Crippen molar-refractivity contribution in [1.29, 1.82) is 0 Å². The second kappa shape index (κ2) is 5.74. The molecule has 0 fully saturated rings. The number of hydrogen-bond donors (Lipinski definition) is 0. The van der Waals surface area contributed by atoms with E-state index in [0.717, 1.165) is 16.7 Å². The van der Waals surface area contributed by atoms with Gasteiger partial charge in [-0.15, -0.1) is 0 Å². The second-order valence-electron chi connectivity index (χ2n) is 4.94. The topological polar surface area (TPSA) is 26.3 Å². The van der Waals surface area contributed by atoms with Crippen LogP contribution in [0.4, 0.5) is 0 Å². The first-order valence-electron chi connectivity index (χ1n) is 6.94. The van der Waals surface area contributed by atoms with Crippen LogP contribution in [0.25, 0.3) is 6.08 Å². The molecule has 0 saturated heterocycles. The summed E-state index contributed by atoms with van der Waals surface area (Å²) in [5, 5.41) is 0.667. The molecule has 2 nitrogen and oxygen atoms in total. The minimum Gasteiger partial charge on any atom is -0.463 e. The zero-order valence-electron chi connectivity index (χ0n) is 11.7. The summed E-state index contributed by atoms with van der Waals surface area (Å²) >= 11 is 6.10. The number of carbonyl (C=O) groups excluding carboxylic acids is 1. The van der Waals surface area contributed by atoms with Gasteiger partial charge in [-0.3, -0.25) is 0 Å². The first-order chi connectivity index (χ1) is 10.2. The molecule has 106 valence electrons. The van der Waals surface area contributed by atoms with Crippen LogP contribution in [0.15, 0.2) is 54.1 Å². The van der Waals surface area contributed by atoms with Crippen LogP contribution in [0.1, 0.15) is 29.5 Å². The van der Waals surface area contributed by atoms with Gasteiger partial charge in [-0.25, -0.2) is 4.79 Å². The predicted octanol–water partition coefficient (Wildman–Crippen LogP) is 4.43. The maximum absolute atomic E-state index is 12.3. The molecule has 0 aliphatic heterocycles. The van der Waals surface area contributed by atoms with Gasteiger partial charge < -0.3 is 4.74 Å². The van der Waals surface area contributed by atoms with Gasteiger partial charge in [0.2, 0.25) is 0 Å². The Kier molecular flexibility index (Phi) is 3.80. The summed E-state index contributed by atoms with van der Waals surface area (Å²) in [6.07, 6.45) is 1.92. The van der Waals surface area contributed by atoms with E-state index in [1.807, 2.05) is 61.5 Å². The molecule has 21 heavy (non-hydrogen) atoms. The molecule has 2 aromatic carbocycles. The highest BCUT2D eigenvalue weighted by Gasteiger charge is 2.31. The molecule has 3 rings (SSSR count). The number of ether oxygens (including phenoxy) is 1. The lowest BCUT2D eigenvalue weighted by molar-refractivity contribution is -0.138. The SMILES string of the molecule is CCOC(=O)C1=Cc2ccccc2C1c1cccc(Cl)c1. The van der Waals surface area contributed by atoms with Crippen LogP contribution in [0.2, 0.25) is 5.02 Å². The molecule has 0 spiro atoms. The van der Waals surface area contributed by atoms with Crippen molar-refractivity contribution in [3.8, 4) is 0 Å². The Morgan fingerprint density at radius 2 is 2.00 bits per heavy atom. The molecular weight excluding hydrogens is 284 g/mol. The van der Waals surface area contributed by atoms with Gasteiger partial charge >= 0.3 is 5.97 Å². The van der Waals surface area contributed by atoms with Crippen molar-refractivity contribution in [2.45, 2.75) is 12.8 Å². The number of rotatable bonds is 3. The molecule has 1 aliphatic rings. The normalized spacial score (nSPS) is 16.3. The summed E-state index contributed by atoms with van der Waals surface area (Å²) in [7, 11) is 0. The molecule has 0 saturated carbocycles. The van der Waals surface area contributed by atoms with Crippen molar-refractivity contribution in [1.82, 2.24) is 0 Å². The fourth-order valence-corrected chi connectivity index (χ4v) is 2.96. The van der Waals surface area contributed by atoms with Crippen molar-refractivity contribution < 1.29 is 9.53 Å². The van der Waals surface area contributed by atoms with Gasteiger partial charge in [0, 0.05) is 16.5 Å². The van der Waals surface area contributed by atoms with Crippen molar-refractivity contribution in [3.05, 3.63) is 75.8 Å². The second-order valence-corrected chi connectivity index (χ2v) is 5.37. The Morgan fingerprint density at radius 3 is 2.76 bits per heavy atom. The molecule has 3 heteroatoms. The standard InChI is InChI=1S/C18H15ClO2/c1-2-21-18(20)16-11-12-6-3-4-9-15(12)17(16)13-7-5-8-14(19)10-13/h3-11,17H,2H2,1H3. The summed E-state index contributed by atoms with van der Waals surface area (Å²) in [6, 6.07) is 15.6. The summed E-state index contributed by atoms with van der Waals surface area (Å²) in [6.45, 7) is 2.18. The third kappa shape index (κ3) is 2.59. The highest BCUT2D eigenvalue weighted by molar-refractivity contribution is 6.30. The molecule has 0 bridgehead atoms. The Bertz CT molecular complexity index is 719. The van der Waals surface area contributed by atoms with E-state index in [2.05, 4.69) is 0 Å². The summed E-state index contributed by atoms with van der Waals surface area (Å²) < 4.78 is 5.20. The molecule has 0 radical (unpaired) electrons. The van der Waals surface area contributed by atoms with Crippen molar-refractivity contribution >= 4 is 23.6 Å². The molecule has 1 unspecified atom stereocenters. The van der Waals surface area contributed by atoms with E-state index in [4.69, 9.17) is 16.3 Å². The van der Waals surface area contributed by atoms with E-state index in [0.29, 0.717) is 17.2 Å². The minimum atomic E-state index is -0.265. The van der Waals surface area contributed by atoms with Crippen LogP contribution in [0.3, 0.4) is 0 Å². The Hall–Kier alpha value is -2.06. The molecule has 0 heterocycles. The Labute approximate surface area is 129 Å². The lowest BCUT2D eigenvalue weighted by Crippen LogP contribution is -2.13. The largest absolute Gasteiger partial charge is 0.463 e. The lowest BCUT2D eigenvalue weighted by atomic mass is 9.88. The fourth-order valence-electron chi connectivity index (χ4n) is 2.76. The number of carbonyl (C=O) groups is 1. The van der Waals surface area contributed by atoms with E-state index in [9.17, 15) is 4.79 Å². The monoisotopic (exact) mass is 298 g/mol. The summed E-state index contributed by atoms with van der Waals surface area (Å²) in [5.74, 6) is -0.377. The highest BCUT2D eigenvalue weighted by atomic mass is 35.5. The summed E-state index contributed by atoms with van der Waals surface area (Å²) in [4.78, 5) is 12.3. The van der Waals surface area contributed by atoms with Crippen LogP contribution in [0, 0.1) is 0 Å². The average Bonchev–Trinajstić information content (AvgIpc) is 2.87. The predicted molar refractivity (Wildman–Crippen MR) is 84.3 cm³/mol. The lowest BCUT2D eigenvalue weighted by Gasteiger charge is -2.16. The van der Waals surface area contributed by atoms with E-state index >= 15 is 0 Å². The zero-order valence-corrected chi connectivity index (χ0v) is 12.4. The van der Waals surface area contributed by atoms with E-state index in [1.165, 1.54) is 0 Å². The molecule has 0 N–H and O–H groups in total. The molecule has 0 amide bonds. The number of hydrogen-bond acceptors (Lipinski definition) is 2. The van der Waals surface area contributed by atoms with Gasteiger partial charge in [0.15, 0.2) is 0 Å². The van der Waals surface area contributed by atoms with Crippen molar-refractivity contribution in [2.24, 2.45) is 0 Å². The Balaban J connectivity index is 2.10. The molecule has 1 atom stereocenters. The highest BCUT2D eigenvalue weighted by Crippen LogP contribution is 2.41. The molecule has 0 aromatic heterocycles. The smallest absolute Gasteiger partial charge is 0.334 e. The minimum absolute atomic E-state index is 0.112. The van der Waals surface area contributed by atoms with Crippen LogP contribution < -0.4 is 0 Å². The van der Waals surface area contributed by atoms with E-state index < -0.39 is 0 Å². The fraction of sp³-hybridized carbons (Fsp3) is 0.167. The van der Waals surface area contributed by atoms with Crippen LogP contribution in [-0.4, -0.2) is 12.6 Å². The van der Waals surface area contributed by atoms with Crippen LogP contribution in [-0.2, 0) is 9.53 Å². The van der Waals surface area contributed by atoms with E-state index in [1.54, 1.807) is 0 Å². The van der Waals surface area contributed by atoms with Gasteiger partial charge in [0.25, 0.3) is 0 Å². The third-order valence-electron chi connectivity index (χ3n) is 3.62. The first kappa shape index (κ1) is 13.9. The number of esters is 1. The average molecular weight is 299 g/mol. The number of fused-ring (bicyclic) bond motifs is 1. The van der Waals surface area contributed by atoms with Gasteiger partial charge in [-0.05, 0) is 41.8 Å². The van der Waals surface area contributed by atoms with Crippen molar-refractivity contribution in [3.63, 3.8) is 0 Å². The Morgan fingerprint density at radius 1 is 1.19 bits per heavy atom. The van der Waals surface area contributed by atoms with Gasteiger partial charge in [-0.2, -0.15) is 0 Å². The van der Waals surface area contributed by atoms with Crippen LogP contribution in [0.5, 0.6) is 0 Å². The molecular formula is C18H15ClO2. The quantitative estimate of drug-likeness (QED) is 0.784. The molecule has 2 aromatic rings. The number of halogens is 1. The molecule has 1 aliphatic carbocycles. The van der Waals surface area contributed by atoms with Gasteiger partial charge in [-0.1, -0.05) is 48.0 Å².